The van der Waals surface area contributed by atoms with E-state index < -0.39 is 0 Å². The molecule has 0 aliphatic carbocycles. The van der Waals surface area contributed by atoms with E-state index in [9.17, 15) is 14.0 Å². The molecule has 1 aliphatic heterocycles. The second-order valence-electron chi connectivity index (χ2n) is 6.51. The number of nitrogens with one attached hydrogen (secondary N) is 1. The van der Waals surface area contributed by atoms with Gasteiger partial charge in [-0.15, -0.1) is 11.8 Å². The van der Waals surface area contributed by atoms with Crippen molar-refractivity contribution in [2.24, 2.45) is 0 Å². The SMILES string of the molecule is CCC(=O)N1CCc2cc(CNC(=O)CSCc3ccc(F)cc3)ccc21. The molecular formula is C21H23FN2O2S. The number of carbonyl (C=O) groups excluding carboxylic acids is 2. The monoisotopic (exact) mass is 386 g/mol. The lowest BCUT2D eigenvalue weighted by Gasteiger charge is -2.16. The molecule has 142 valence electrons. The predicted molar refractivity (Wildman–Crippen MR) is 107 cm³/mol. The first-order valence-electron chi connectivity index (χ1n) is 9.08. The minimum absolute atomic E-state index is 0.0228. The smallest absolute Gasteiger partial charge is 0.230 e. The van der Waals surface area contributed by atoms with Crippen LogP contribution in [0.3, 0.4) is 0 Å². The average Bonchev–Trinajstić information content (AvgIpc) is 3.10. The van der Waals surface area contributed by atoms with Gasteiger partial charge < -0.3 is 10.2 Å². The Bertz CT molecular complexity index is 823. The fraction of sp³-hybridized carbons (Fsp3) is 0.333. The molecule has 0 aromatic heterocycles. The lowest BCUT2D eigenvalue weighted by atomic mass is 10.1. The van der Waals surface area contributed by atoms with Crippen LogP contribution >= 0.6 is 11.8 Å². The summed E-state index contributed by atoms with van der Waals surface area (Å²) in [5, 5.41) is 2.93. The zero-order valence-corrected chi connectivity index (χ0v) is 16.2. The molecule has 0 saturated heterocycles. The van der Waals surface area contributed by atoms with Gasteiger partial charge in [0.25, 0.3) is 0 Å². The number of anilines is 1. The Kier molecular flexibility index (Phi) is 6.50. The van der Waals surface area contributed by atoms with E-state index in [0.717, 1.165) is 35.3 Å². The van der Waals surface area contributed by atoms with Crippen LogP contribution in [0.2, 0.25) is 0 Å². The van der Waals surface area contributed by atoms with Gasteiger partial charge in [-0.2, -0.15) is 0 Å². The molecule has 1 heterocycles. The summed E-state index contributed by atoms with van der Waals surface area (Å²) in [6, 6.07) is 12.3. The van der Waals surface area contributed by atoms with E-state index in [-0.39, 0.29) is 17.6 Å². The highest BCUT2D eigenvalue weighted by Crippen LogP contribution is 2.29. The van der Waals surface area contributed by atoms with Gasteiger partial charge in [-0.25, -0.2) is 4.39 Å². The number of hydrogen-bond acceptors (Lipinski definition) is 3. The van der Waals surface area contributed by atoms with Crippen LogP contribution in [0.15, 0.2) is 42.5 Å². The van der Waals surface area contributed by atoms with Gasteiger partial charge in [0.1, 0.15) is 5.82 Å². The number of amides is 2. The Hall–Kier alpha value is -2.34. The highest BCUT2D eigenvalue weighted by atomic mass is 32.2. The zero-order valence-electron chi connectivity index (χ0n) is 15.3. The Morgan fingerprint density at radius 2 is 1.89 bits per heavy atom. The third-order valence-electron chi connectivity index (χ3n) is 4.55. The van der Waals surface area contributed by atoms with Crippen molar-refractivity contribution in [1.82, 2.24) is 5.32 Å². The molecule has 0 atom stereocenters. The van der Waals surface area contributed by atoms with Crippen molar-refractivity contribution in [3.05, 3.63) is 65.0 Å². The molecule has 0 spiro atoms. The van der Waals surface area contributed by atoms with Crippen LogP contribution in [-0.2, 0) is 28.3 Å². The molecule has 0 radical (unpaired) electrons. The van der Waals surface area contributed by atoms with Crippen molar-refractivity contribution < 1.29 is 14.0 Å². The number of nitrogens with zero attached hydrogens (tertiary/aromatic N) is 1. The van der Waals surface area contributed by atoms with Gasteiger partial charge in [-0.05, 0) is 41.3 Å². The van der Waals surface area contributed by atoms with Crippen LogP contribution in [-0.4, -0.2) is 24.1 Å². The standard InChI is InChI=1S/C21H23FN2O2S/c1-2-21(26)24-10-9-17-11-16(5-8-19(17)24)12-23-20(25)14-27-13-15-3-6-18(22)7-4-15/h3-8,11H,2,9-10,12-14H2,1H3,(H,23,25). The molecule has 0 bridgehead atoms. The Balaban J connectivity index is 1.45. The molecule has 27 heavy (non-hydrogen) atoms. The van der Waals surface area contributed by atoms with Crippen molar-refractivity contribution in [1.29, 1.82) is 0 Å². The topological polar surface area (TPSA) is 49.4 Å². The van der Waals surface area contributed by atoms with Gasteiger partial charge >= 0.3 is 0 Å². The summed E-state index contributed by atoms with van der Waals surface area (Å²) in [5.74, 6) is 0.908. The summed E-state index contributed by atoms with van der Waals surface area (Å²) >= 11 is 1.50. The number of halogens is 1. The van der Waals surface area contributed by atoms with Gasteiger partial charge in [0.05, 0.1) is 5.75 Å². The van der Waals surface area contributed by atoms with Gasteiger partial charge in [0, 0.05) is 31.0 Å². The van der Waals surface area contributed by atoms with Crippen molar-refractivity contribution in [2.45, 2.75) is 32.1 Å². The molecule has 0 fully saturated rings. The van der Waals surface area contributed by atoms with Gasteiger partial charge in [-0.3, -0.25) is 9.59 Å². The molecule has 2 amide bonds. The van der Waals surface area contributed by atoms with Crippen LogP contribution in [0.25, 0.3) is 0 Å². The summed E-state index contributed by atoms with van der Waals surface area (Å²) in [6.07, 6.45) is 1.36. The van der Waals surface area contributed by atoms with Crippen molar-refractivity contribution in [3.8, 4) is 0 Å². The van der Waals surface area contributed by atoms with Crippen LogP contribution < -0.4 is 10.2 Å². The lowest BCUT2D eigenvalue weighted by molar-refractivity contribution is -0.119. The molecule has 2 aromatic rings. The van der Waals surface area contributed by atoms with E-state index in [1.165, 1.54) is 23.9 Å². The Morgan fingerprint density at radius 3 is 2.63 bits per heavy atom. The maximum atomic E-state index is 12.9. The van der Waals surface area contributed by atoms with E-state index in [4.69, 9.17) is 0 Å². The number of benzene rings is 2. The van der Waals surface area contributed by atoms with Crippen molar-refractivity contribution in [2.75, 3.05) is 17.2 Å². The first-order chi connectivity index (χ1) is 13.1. The van der Waals surface area contributed by atoms with Gasteiger partial charge in [0.15, 0.2) is 0 Å². The third kappa shape index (κ3) is 5.10. The molecule has 3 rings (SSSR count). The molecule has 0 saturated carbocycles. The van der Waals surface area contributed by atoms with Crippen LogP contribution in [0.1, 0.15) is 30.0 Å². The van der Waals surface area contributed by atoms with E-state index in [0.29, 0.717) is 24.5 Å². The second-order valence-corrected chi connectivity index (χ2v) is 7.49. The summed E-state index contributed by atoms with van der Waals surface area (Å²) in [4.78, 5) is 25.8. The van der Waals surface area contributed by atoms with E-state index in [1.807, 2.05) is 24.0 Å². The lowest BCUT2D eigenvalue weighted by Crippen LogP contribution is -2.27. The first kappa shape index (κ1) is 19.4. The molecule has 4 nitrogen and oxygen atoms in total. The molecule has 1 aliphatic rings. The number of fused-ring (bicyclic) bond motifs is 1. The molecule has 1 N–H and O–H groups in total. The summed E-state index contributed by atoms with van der Waals surface area (Å²) < 4.78 is 12.9. The fourth-order valence-electron chi connectivity index (χ4n) is 3.11. The molecule has 2 aromatic carbocycles. The van der Waals surface area contributed by atoms with Crippen LogP contribution in [0.4, 0.5) is 10.1 Å². The van der Waals surface area contributed by atoms with E-state index >= 15 is 0 Å². The average molecular weight is 386 g/mol. The maximum absolute atomic E-state index is 12.9. The number of hydrogen-bond donors (Lipinski definition) is 1. The summed E-state index contributed by atoms with van der Waals surface area (Å²) in [6.45, 7) is 3.08. The van der Waals surface area contributed by atoms with Crippen LogP contribution in [0, 0.1) is 5.82 Å². The second kappa shape index (κ2) is 9.04. The van der Waals surface area contributed by atoms with Gasteiger partial charge in [-0.1, -0.05) is 31.2 Å². The number of thioether (sulfide) groups is 1. The quantitative estimate of drug-likeness (QED) is 0.790. The van der Waals surface area contributed by atoms with E-state index in [2.05, 4.69) is 11.4 Å². The molecular weight excluding hydrogens is 363 g/mol. The van der Waals surface area contributed by atoms with Crippen LogP contribution in [0.5, 0.6) is 0 Å². The number of carbonyl (C=O) groups is 2. The predicted octanol–water partition coefficient (Wildman–Crippen LogP) is 3.67. The highest BCUT2D eigenvalue weighted by molar-refractivity contribution is 7.99. The molecule has 6 heteroatoms. The minimum Gasteiger partial charge on any atom is -0.351 e. The zero-order chi connectivity index (χ0) is 19.2. The summed E-state index contributed by atoms with van der Waals surface area (Å²) in [7, 11) is 0. The van der Waals surface area contributed by atoms with Crippen molar-refractivity contribution in [3.63, 3.8) is 0 Å². The minimum atomic E-state index is -0.252. The fourth-order valence-corrected chi connectivity index (χ4v) is 3.93. The third-order valence-corrected chi connectivity index (χ3v) is 5.55. The Labute approximate surface area is 163 Å². The Morgan fingerprint density at radius 1 is 1.15 bits per heavy atom. The largest absolute Gasteiger partial charge is 0.351 e. The number of rotatable bonds is 7. The normalized spacial score (nSPS) is 12.7. The maximum Gasteiger partial charge on any atom is 0.230 e. The highest BCUT2D eigenvalue weighted by Gasteiger charge is 2.23. The van der Waals surface area contributed by atoms with E-state index in [1.54, 1.807) is 12.1 Å². The first-order valence-corrected chi connectivity index (χ1v) is 10.2. The summed E-state index contributed by atoms with van der Waals surface area (Å²) in [5.41, 5.74) is 4.19. The molecule has 0 unspecified atom stereocenters. The van der Waals surface area contributed by atoms with Gasteiger partial charge in [0.2, 0.25) is 11.8 Å². The van der Waals surface area contributed by atoms with Crippen molar-refractivity contribution >= 4 is 29.3 Å².